The molecule has 0 saturated heterocycles. The van der Waals surface area contributed by atoms with Crippen LogP contribution in [-0.4, -0.2) is 75.7 Å². The Morgan fingerprint density at radius 3 is 2.32 bits per heavy atom. The Labute approximate surface area is 265 Å². The van der Waals surface area contributed by atoms with Crippen LogP contribution < -0.4 is 10.6 Å². The number of nitrogens with zero attached hydrogens (tertiary/aromatic N) is 3. The van der Waals surface area contributed by atoms with Crippen molar-refractivity contribution in [1.82, 2.24) is 20.1 Å². The van der Waals surface area contributed by atoms with E-state index in [9.17, 15) is 19.2 Å². The van der Waals surface area contributed by atoms with Gasteiger partial charge in [0.1, 0.15) is 21.2 Å². The van der Waals surface area contributed by atoms with E-state index in [1.54, 1.807) is 25.7 Å². The molecule has 238 valence electrons. The average Bonchev–Trinajstić information content (AvgIpc) is 3.48. The maximum Gasteiger partial charge on any atom is 0.410 e. The van der Waals surface area contributed by atoms with Crippen LogP contribution in [0.3, 0.4) is 0 Å². The van der Waals surface area contributed by atoms with Crippen LogP contribution in [-0.2, 0) is 32.0 Å². The van der Waals surface area contributed by atoms with E-state index in [1.807, 2.05) is 58.9 Å². The van der Waals surface area contributed by atoms with E-state index in [2.05, 4.69) is 10.6 Å². The number of carbonyl (C=O) groups excluding carboxylic acids is 4. The molecule has 0 radical (unpaired) electrons. The minimum Gasteiger partial charge on any atom is -0.444 e. The topological polar surface area (TPSA) is 130 Å². The van der Waals surface area contributed by atoms with E-state index in [0.717, 1.165) is 31.2 Å². The number of benzene rings is 1. The summed E-state index contributed by atoms with van der Waals surface area (Å²) in [6.45, 7) is 15.6. The number of ether oxygens (including phenoxy) is 2. The normalized spacial score (nSPS) is 13.4. The Morgan fingerprint density at radius 2 is 1.68 bits per heavy atom. The molecule has 0 aliphatic carbocycles. The van der Waals surface area contributed by atoms with Crippen LogP contribution in [0.5, 0.6) is 0 Å². The number of carbonyl (C=O) groups is 4. The lowest BCUT2D eigenvalue weighted by Gasteiger charge is -2.30. The highest BCUT2D eigenvalue weighted by atomic mass is 32.1. The number of aromatic nitrogens is 1. The number of amides is 4. The predicted octanol–water partition coefficient (Wildman–Crippen LogP) is 6.02. The van der Waals surface area contributed by atoms with Crippen molar-refractivity contribution >= 4 is 61.9 Å². The summed E-state index contributed by atoms with van der Waals surface area (Å²) in [5.41, 5.74) is 1.33. The number of anilines is 1. The number of thiazole rings is 1. The molecular weight excluding hydrogens is 603 g/mol. The second kappa shape index (κ2) is 13.1. The van der Waals surface area contributed by atoms with Crippen molar-refractivity contribution in [2.75, 3.05) is 25.0 Å². The number of para-hydroxylation sites is 1. The lowest BCUT2D eigenvalue weighted by molar-refractivity contribution is -0.136. The minimum absolute atomic E-state index is 0.0696. The van der Waals surface area contributed by atoms with E-state index >= 15 is 0 Å². The van der Waals surface area contributed by atoms with Gasteiger partial charge < -0.3 is 29.9 Å². The van der Waals surface area contributed by atoms with Crippen LogP contribution in [0.25, 0.3) is 20.8 Å². The molecule has 3 aromatic rings. The summed E-state index contributed by atoms with van der Waals surface area (Å²) in [6.07, 6.45) is -0.338. The third-order valence-electron chi connectivity index (χ3n) is 6.54. The Bertz CT molecular complexity index is 1520. The van der Waals surface area contributed by atoms with Gasteiger partial charge >= 0.3 is 24.0 Å². The van der Waals surface area contributed by atoms with Gasteiger partial charge in [0.15, 0.2) is 0 Å². The number of thiophene rings is 1. The van der Waals surface area contributed by atoms with Crippen LogP contribution in [0.4, 0.5) is 14.6 Å². The molecule has 44 heavy (non-hydrogen) atoms. The zero-order valence-electron chi connectivity index (χ0n) is 26.5. The zero-order valence-corrected chi connectivity index (χ0v) is 28.2. The molecule has 1 aliphatic rings. The van der Waals surface area contributed by atoms with Crippen molar-refractivity contribution in [1.29, 1.82) is 0 Å². The van der Waals surface area contributed by atoms with E-state index in [0.29, 0.717) is 24.5 Å². The van der Waals surface area contributed by atoms with Gasteiger partial charge in [-0.05, 0) is 79.5 Å². The van der Waals surface area contributed by atoms with Crippen molar-refractivity contribution in [3.8, 4) is 10.6 Å². The number of nitrogens with one attached hydrogen (secondary N) is 2. The number of hydrogen-bond donors (Lipinski definition) is 2. The van der Waals surface area contributed by atoms with Gasteiger partial charge in [0.25, 0.3) is 0 Å². The third kappa shape index (κ3) is 8.26. The third-order valence-corrected chi connectivity index (χ3v) is 8.73. The van der Waals surface area contributed by atoms with Gasteiger partial charge in [-0.25, -0.2) is 14.6 Å². The molecule has 1 aliphatic heterocycles. The summed E-state index contributed by atoms with van der Waals surface area (Å²) >= 11 is 2.84. The Morgan fingerprint density at radius 1 is 1.00 bits per heavy atom. The smallest absolute Gasteiger partial charge is 0.410 e. The van der Waals surface area contributed by atoms with Crippen LogP contribution in [0.15, 0.2) is 24.3 Å². The van der Waals surface area contributed by atoms with E-state index in [4.69, 9.17) is 14.5 Å². The fraction of sp³-hybridized carbons (Fsp3) is 0.516. The molecule has 13 heteroatoms. The maximum absolute atomic E-state index is 13.1. The van der Waals surface area contributed by atoms with Gasteiger partial charge in [0.05, 0.1) is 16.8 Å². The molecule has 2 aromatic heterocycles. The van der Waals surface area contributed by atoms with Crippen molar-refractivity contribution in [2.45, 2.75) is 85.6 Å². The van der Waals surface area contributed by atoms with Crippen molar-refractivity contribution < 1.29 is 28.7 Å². The first-order valence-corrected chi connectivity index (χ1v) is 16.2. The highest BCUT2D eigenvalue weighted by Crippen LogP contribution is 2.45. The molecule has 4 rings (SSSR count). The van der Waals surface area contributed by atoms with E-state index < -0.39 is 35.2 Å². The van der Waals surface area contributed by atoms with Gasteiger partial charge in [-0.2, -0.15) is 0 Å². The average molecular weight is 644 g/mol. The first kappa shape index (κ1) is 33.2. The zero-order chi connectivity index (χ0) is 32.4. The van der Waals surface area contributed by atoms with Crippen LogP contribution >= 0.6 is 22.7 Å². The summed E-state index contributed by atoms with van der Waals surface area (Å²) in [4.78, 5) is 60.3. The number of rotatable bonds is 6. The quantitative estimate of drug-likeness (QED) is 0.314. The predicted molar refractivity (Wildman–Crippen MR) is 173 cm³/mol. The SMILES string of the molecule is CC(C)N(CCNC(=O)C(=O)Nc1sc2c(c1-c1nc3ccccc3s1)CCN(C(=O)OC(C)(C)C)C2)C(=O)OC(C)(C)C. The highest BCUT2D eigenvalue weighted by Gasteiger charge is 2.32. The van der Waals surface area contributed by atoms with Gasteiger partial charge in [0, 0.05) is 36.1 Å². The maximum atomic E-state index is 13.1. The molecule has 0 fully saturated rings. The standard InChI is InChI=1S/C31H41N5O6S2/c1-18(2)36(29(40)42-31(6,7)8)16-14-32-24(37)25(38)34-27-23(26-33-20-11-9-10-12-21(20)43-26)19-13-15-35(17-22(19)44-27)28(39)41-30(3,4)5/h9-12,18H,13-17H2,1-8H3,(H,32,37)(H,34,38). The molecule has 0 spiro atoms. The molecule has 2 N–H and O–H groups in total. The fourth-order valence-corrected chi connectivity index (χ4v) is 6.96. The summed E-state index contributed by atoms with van der Waals surface area (Å²) in [6, 6.07) is 7.63. The van der Waals surface area contributed by atoms with Crippen molar-refractivity contribution in [3.05, 3.63) is 34.7 Å². The van der Waals surface area contributed by atoms with Crippen LogP contribution in [0, 0.1) is 0 Å². The molecule has 0 bridgehead atoms. The second-order valence-corrected chi connectivity index (χ2v) is 15.0. The first-order chi connectivity index (χ1) is 20.5. The lowest BCUT2D eigenvalue weighted by atomic mass is 10.0. The number of hydrogen-bond acceptors (Lipinski definition) is 9. The molecular formula is C31H41N5O6S2. The van der Waals surface area contributed by atoms with Gasteiger partial charge in [-0.1, -0.05) is 12.1 Å². The molecule has 3 heterocycles. The largest absolute Gasteiger partial charge is 0.444 e. The fourth-order valence-electron chi connectivity index (χ4n) is 4.59. The van der Waals surface area contributed by atoms with Gasteiger partial charge in [-0.3, -0.25) is 9.59 Å². The van der Waals surface area contributed by atoms with E-state index in [-0.39, 0.29) is 19.1 Å². The Balaban J connectivity index is 1.52. The van der Waals surface area contributed by atoms with Crippen LogP contribution in [0.1, 0.15) is 65.8 Å². The van der Waals surface area contributed by atoms with Crippen molar-refractivity contribution in [2.24, 2.45) is 0 Å². The Kier molecular flexibility index (Phi) is 9.89. The molecule has 0 unspecified atom stereocenters. The molecule has 11 nitrogen and oxygen atoms in total. The monoisotopic (exact) mass is 643 g/mol. The minimum atomic E-state index is -0.830. The van der Waals surface area contributed by atoms with Crippen LogP contribution in [0.2, 0.25) is 0 Å². The molecule has 0 saturated carbocycles. The van der Waals surface area contributed by atoms with E-state index in [1.165, 1.54) is 27.6 Å². The second-order valence-electron chi connectivity index (χ2n) is 12.8. The number of fused-ring (bicyclic) bond motifs is 2. The first-order valence-electron chi connectivity index (χ1n) is 14.6. The summed E-state index contributed by atoms with van der Waals surface area (Å²) in [7, 11) is 0. The Hall–Kier alpha value is -3.71. The highest BCUT2D eigenvalue weighted by molar-refractivity contribution is 7.23. The molecule has 1 aromatic carbocycles. The summed E-state index contributed by atoms with van der Waals surface area (Å²) in [5.74, 6) is -1.65. The van der Waals surface area contributed by atoms with Gasteiger partial charge in [-0.15, -0.1) is 22.7 Å². The summed E-state index contributed by atoms with van der Waals surface area (Å²) in [5, 5.41) is 6.64. The van der Waals surface area contributed by atoms with Gasteiger partial charge in [0.2, 0.25) is 0 Å². The van der Waals surface area contributed by atoms with Crippen molar-refractivity contribution in [3.63, 3.8) is 0 Å². The summed E-state index contributed by atoms with van der Waals surface area (Å²) < 4.78 is 12.1. The molecule has 0 atom stereocenters. The molecule has 4 amide bonds. The lowest BCUT2D eigenvalue weighted by Crippen LogP contribution is -2.46.